The van der Waals surface area contributed by atoms with E-state index in [9.17, 15) is 9.59 Å². The molecule has 2 aromatic heterocycles. The van der Waals surface area contributed by atoms with Gasteiger partial charge in [0.15, 0.2) is 5.16 Å². The third kappa shape index (κ3) is 4.60. The Morgan fingerprint density at radius 2 is 2.13 bits per heavy atom. The van der Waals surface area contributed by atoms with Crippen LogP contribution in [0.25, 0.3) is 10.2 Å². The average Bonchev–Trinajstić information content (AvgIpc) is 3.31. The van der Waals surface area contributed by atoms with Gasteiger partial charge in [0.2, 0.25) is 5.91 Å². The molecule has 2 heterocycles. The molecular formula is C22H31N3O3S2. The number of carbonyl (C=O) groups excluding carboxylic acids is 1. The van der Waals surface area contributed by atoms with Crippen molar-refractivity contribution in [3.05, 3.63) is 20.8 Å². The summed E-state index contributed by atoms with van der Waals surface area (Å²) in [5, 5.41) is 4.65. The van der Waals surface area contributed by atoms with Crippen molar-refractivity contribution in [3.63, 3.8) is 0 Å². The second kappa shape index (κ2) is 9.83. The third-order valence-electron chi connectivity index (χ3n) is 6.31. The normalized spacial score (nSPS) is 21.1. The predicted octanol–water partition coefficient (Wildman–Crippen LogP) is 3.77. The predicted molar refractivity (Wildman–Crippen MR) is 123 cm³/mol. The topological polar surface area (TPSA) is 73.2 Å². The molecule has 4 rings (SSSR count). The van der Waals surface area contributed by atoms with Gasteiger partial charge in [0.1, 0.15) is 4.83 Å². The van der Waals surface area contributed by atoms with Crippen LogP contribution in [0, 0.1) is 5.92 Å². The summed E-state index contributed by atoms with van der Waals surface area (Å²) >= 11 is 3.03. The molecule has 1 saturated carbocycles. The lowest BCUT2D eigenvalue weighted by atomic mass is 9.86. The van der Waals surface area contributed by atoms with Gasteiger partial charge in [-0.1, -0.05) is 31.5 Å². The van der Waals surface area contributed by atoms with Gasteiger partial charge in [-0.15, -0.1) is 11.3 Å². The van der Waals surface area contributed by atoms with Crippen molar-refractivity contribution in [1.82, 2.24) is 14.9 Å². The van der Waals surface area contributed by atoms with E-state index in [4.69, 9.17) is 9.72 Å². The molecule has 0 spiro atoms. The van der Waals surface area contributed by atoms with Gasteiger partial charge < -0.3 is 10.1 Å². The first-order valence-corrected chi connectivity index (χ1v) is 12.8. The van der Waals surface area contributed by atoms with Gasteiger partial charge >= 0.3 is 0 Å². The second-order valence-corrected chi connectivity index (χ2v) is 10.5. The largest absolute Gasteiger partial charge is 0.385 e. The lowest BCUT2D eigenvalue weighted by Gasteiger charge is -2.29. The number of fused-ring (bicyclic) bond motifs is 3. The molecule has 0 bridgehead atoms. The zero-order valence-electron chi connectivity index (χ0n) is 17.9. The van der Waals surface area contributed by atoms with Gasteiger partial charge in [-0.05, 0) is 50.0 Å². The lowest BCUT2D eigenvalue weighted by molar-refractivity contribution is -0.119. The Morgan fingerprint density at radius 1 is 1.30 bits per heavy atom. The van der Waals surface area contributed by atoms with E-state index in [1.807, 2.05) is 0 Å². The third-order valence-corrected chi connectivity index (χ3v) is 8.47. The molecule has 0 unspecified atom stereocenters. The highest BCUT2D eigenvalue weighted by atomic mass is 32.2. The van der Waals surface area contributed by atoms with E-state index in [0.29, 0.717) is 24.2 Å². The summed E-state index contributed by atoms with van der Waals surface area (Å²) in [5.74, 6) is 0.851. The second-order valence-electron chi connectivity index (χ2n) is 8.46. The molecule has 2 aromatic rings. The van der Waals surface area contributed by atoms with E-state index in [0.717, 1.165) is 42.3 Å². The lowest BCUT2D eigenvalue weighted by Crippen LogP contribution is -2.42. The number of thioether (sulfide) groups is 1. The van der Waals surface area contributed by atoms with Crippen LogP contribution in [0.1, 0.15) is 55.9 Å². The minimum Gasteiger partial charge on any atom is -0.385 e. The number of hydrogen-bond acceptors (Lipinski definition) is 6. The number of nitrogens with one attached hydrogen (secondary N) is 1. The van der Waals surface area contributed by atoms with Gasteiger partial charge in [-0.3, -0.25) is 14.2 Å². The highest BCUT2D eigenvalue weighted by Crippen LogP contribution is 2.35. The summed E-state index contributed by atoms with van der Waals surface area (Å²) in [6.07, 6.45) is 8.56. The fraction of sp³-hybridized carbons (Fsp3) is 0.682. The summed E-state index contributed by atoms with van der Waals surface area (Å²) in [5.41, 5.74) is 1.24. The number of thiophene rings is 1. The molecule has 1 amide bonds. The molecule has 2 aliphatic carbocycles. The number of amides is 1. The number of aromatic nitrogens is 2. The van der Waals surface area contributed by atoms with E-state index < -0.39 is 0 Å². The number of rotatable bonds is 8. The van der Waals surface area contributed by atoms with Gasteiger partial charge in [-0.25, -0.2) is 4.98 Å². The summed E-state index contributed by atoms with van der Waals surface area (Å²) < 4.78 is 6.94. The number of carbonyl (C=O) groups is 1. The van der Waals surface area contributed by atoms with Crippen molar-refractivity contribution in [2.45, 2.75) is 76.0 Å². The van der Waals surface area contributed by atoms with Crippen LogP contribution in [-0.2, 0) is 28.9 Å². The fourth-order valence-corrected chi connectivity index (χ4v) is 6.78. The zero-order valence-corrected chi connectivity index (χ0v) is 19.5. The Bertz CT molecular complexity index is 969. The van der Waals surface area contributed by atoms with E-state index >= 15 is 0 Å². The van der Waals surface area contributed by atoms with E-state index in [1.54, 1.807) is 23.0 Å². The average molecular weight is 450 g/mol. The maximum atomic E-state index is 13.3. The molecule has 164 valence electrons. The van der Waals surface area contributed by atoms with Crippen LogP contribution in [0.5, 0.6) is 0 Å². The van der Waals surface area contributed by atoms with Crippen LogP contribution < -0.4 is 10.9 Å². The molecule has 1 fully saturated rings. The maximum Gasteiger partial charge on any atom is 0.263 e. The summed E-state index contributed by atoms with van der Waals surface area (Å²) in [6.45, 7) is 3.37. The first kappa shape index (κ1) is 21.8. The molecule has 6 nitrogen and oxygen atoms in total. The molecule has 0 aromatic carbocycles. The Hall–Kier alpha value is -1.38. The van der Waals surface area contributed by atoms with Gasteiger partial charge in [-0.2, -0.15) is 0 Å². The Labute approximate surface area is 185 Å². The maximum absolute atomic E-state index is 13.3. The molecule has 1 N–H and O–H groups in total. The standard InChI is InChI=1S/C22H31N3O3S2/c1-14-7-3-4-9-16(14)23-18(26)13-29-22-24-20-19(15-8-5-10-17(15)30-20)21(27)25(22)11-6-12-28-2/h14,16H,3-13H2,1-2H3,(H,23,26)/t14-,16+/m0/s1. The first-order valence-electron chi connectivity index (χ1n) is 11.0. The molecule has 8 heteroatoms. The van der Waals surface area contributed by atoms with Crippen LogP contribution in [0.3, 0.4) is 0 Å². The van der Waals surface area contributed by atoms with E-state index in [-0.39, 0.29) is 23.3 Å². The van der Waals surface area contributed by atoms with Crippen LogP contribution >= 0.6 is 23.1 Å². The van der Waals surface area contributed by atoms with Crippen molar-refractivity contribution < 1.29 is 9.53 Å². The highest BCUT2D eigenvalue weighted by Gasteiger charge is 2.25. The first-order chi connectivity index (χ1) is 14.6. The minimum atomic E-state index is 0.0326. The monoisotopic (exact) mass is 449 g/mol. The van der Waals surface area contributed by atoms with Crippen LogP contribution in [0.4, 0.5) is 0 Å². The quantitative estimate of drug-likeness (QED) is 0.377. The minimum absolute atomic E-state index is 0.0326. The smallest absolute Gasteiger partial charge is 0.263 e. The molecule has 30 heavy (non-hydrogen) atoms. The van der Waals surface area contributed by atoms with Gasteiger partial charge in [0.25, 0.3) is 5.56 Å². The van der Waals surface area contributed by atoms with Crippen molar-refractivity contribution in [1.29, 1.82) is 0 Å². The molecule has 2 aliphatic rings. The molecule has 2 atom stereocenters. The number of nitrogens with zero attached hydrogens (tertiary/aromatic N) is 2. The van der Waals surface area contributed by atoms with Gasteiger partial charge in [0.05, 0.1) is 11.1 Å². The van der Waals surface area contributed by atoms with Crippen molar-refractivity contribution in [2.24, 2.45) is 5.92 Å². The number of ether oxygens (including phenoxy) is 1. The van der Waals surface area contributed by atoms with E-state index in [2.05, 4.69) is 12.2 Å². The Kier molecular flexibility index (Phi) is 7.16. The molecule has 0 radical (unpaired) electrons. The van der Waals surface area contributed by atoms with Crippen molar-refractivity contribution in [2.75, 3.05) is 19.5 Å². The van der Waals surface area contributed by atoms with Crippen LogP contribution in [-0.4, -0.2) is 41.0 Å². The van der Waals surface area contributed by atoms with E-state index in [1.165, 1.54) is 41.5 Å². The fourth-order valence-electron chi connectivity index (χ4n) is 4.64. The summed E-state index contributed by atoms with van der Waals surface area (Å²) in [7, 11) is 1.67. The molecule has 0 saturated heterocycles. The number of aryl methyl sites for hydroxylation is 2. The summed E-state index contributed by atoms with van der Waals surface area (Å²) in [6, 6.07) is 0.270. The summed E-state index contributed by atoms with van der Waals surface area (Å²) in [4.78, 5) is 32.9. The molecule has 0 aliphatic heterocycles. The number of hydrogen-bond donors (Lipinski definition) is 1. The Balaban J connectivity index is 1.53. The number of methoxy groups -OCH3 is 1. The van der Waals surface area contributed by atoms with Gasteiger partial charge in [0, 0.05) is 31.2 Å². The highest BCUT2D eigenvalue weighted by molar-refractivity contribution is 7.99. The zero-order chi connectivity index (χ0) is 21.1. The Morgan fingerprint density at radius 3 is 2.93 bits per heavy atom. The van der Waals surface area contributed by atoms with Crippen LogP contribution in [0.15, 0.2) is 9.95 Å². The molecular weight excluding hydrogens is 418 g/mol. The van der Waals surface area contributed by atoms with Crippen molar-refractivity contribution >= 4 is 39.2 Å². The van der Waals surface area contributed by atoms with Crippen LogP contribution in [0.2, 0.25) is 0 Å². The SMILES string of the molecule is COCCCn1c(SCC(=O)N[C@@H]2CCCC[C@@H]2C)nc2sc3c(c2c1=O)CCC3. The van der Waals surface area contributed by atoms with Crippen molar-refractivity contribution in [3.8, 4) is 0 Å².